The molecule has 1 fully saturated rings. The Balaban J connectivity index is 2.23. The van der Waals surface area contributed by atoms with Crippen LogP contribution in [0.3, 0.4) is 0 Å². The Kier molecular flexibility index (Phi) is 4.63. The van der Waals surface area contributed by atoms with Crippen LogP contribution in [0, 0.1) is 0 Å². The second-order valence-electron chi connectivity index (χ2n) is 6.48. The minimum absolute atomic E-state index is 0.0372. The molecule has 0 aromatic carbocycles. The van der Waals surface area contributed by atoms with E-state index in [1.165, 1.54) is 25.7 Å². The number of anilines is 1. The molecule has 1 aliphatic heterocycles. The number of aromatic nitrogens is 1. The summed E-state index contributed by atoms with van der Waals surface area (Å²) in [7, 11) is 0. The van der Waals surface area contributed by atoms with Crippen LogP contribution in [0.25, 0.3) is 0 Å². The molecule has 0 aliphatic carbocycles. The zero-order valence-electron chi connectivity index (χ0n) is 12.8. The van der Waals surface area contributed by atoms with E-state index in [0.717, 1.165) is 18.9 Å². The first-order valence-electron chi connectivity index (χ1n) is 7.50. The van der Waals surface area contributed by atoms with Gasteiger partial charge in [0.1, 0.15) is 5.82 Å². The molecule has 0 bridgehead atoms. The molecule has 1 aromatic rings. The monoisotopic (exact) mass is 275 g/mol. The molecule has 1 aliphatic rings. The van der Waals surface area contributed by atoms with Crippen molar-refractivity contribution in [3.05, 3.63) is 23.9 Å². The summed E-state index contributed by atoms with van der Waals surface area (Å²) >= 11 is 0. The summed E-state index contributed by atoms with van der Waals surface area (Å²) in [6, 6.07) is 3.70. The Morgan fingerprint density at radius 2 is 1.85 bits per heavy atom. The summed E-state index contributed by atoms with van der Waals surface area (Å²) in [5.74, 6) is 0.793. The number of carbonyl (C=O) groups excluding carboxylic acids is 1. The quantitative estimate of drug-likeness (QED) is 0.902. The van der Waals surface area contributed by atoms with Crippen molar-refractivity contribution in [2.24, 2.45) is 0 Å². The molecule has 20 heavy (non-hydrogen) atoms. The molecule has 1 amide bonds. The number of nitrogens with zero attached hydrogens (tertiary/aromatic N) is 2. The molecule has 4 heteroatoms. The Morgan fingerprint density at radius 1 is 1.20 bits per heavy atom. The lowest BCUT2D eigenvalue weighted by Crippen LogP contribution is -2.41. The molecule has 1 aromatic heterocycles. The topological polar surface area (TPSA) is 45.2 Å². The van der Waals surface area contributed by atoms with E-state index < -0.39 is 0 Å². The molecule has 2 rings (SSSR count). The molecule has 1 saturated heterocycles. The minimum Gasteiger partial charge on any atom is -0.356 e. The molecule has 0 unspecified atom stereocenters. The van der Waals surface area contributed by atoms with Gasteiger partial charge in [-0.05, 0) is 45.7 Å². The van der Waals surface area contributed by atoms with E-state index in [-0.39, 0.29) is 11.4 Å². The zero-order chi connectivity index (χ0) is 14.6. The molecule has 110 valence electrons. The van der Waals surface area contributed by atoms with Crippen LogP contribution in [-0.2, 0) is 0 Å². The Hall–Kier alpha value is -1.58. The molecule has 0 atom stereocenters. The number of hydrogen-bond donors (Lipinski definition) is 1. The van der Waals surface area contributed by atoms with Gasteiger partial charge in [-0.15, -0.1) is 0 Å². The van der Waals surface area contributed by atoms with Gasteiger partial charge in [0.05, 0.1) is 5.56 Å². The molecule has 0 radical (unpaired) electrons. The lowest BCUT2D eigenvalue weighted by molar-refractivity contribution is 0.0919. The van der Waals surface area contributed by atoms with Crippen LogP contribution >= 0.6 is 0 Å². The lowest BCUT2D eigenvalue weighted by atomic mass is 10.1. The number of carbonyl (C=O) groups is 1. The summed E-state index contributed by atoms with van der Waals surface area (Å²) in [5.41, 5.74) is 0.451. The van der Waals surface area contributed by atoms with Gasteiger partial charge in [-0.2, -0.15) is 0 Å². The maximum absolute atomic E-state index is 12.4. The maximum Gasteiger partial charge on any atom is 0.255 e. The van der Waals surface area contributed by atoms with Crippen LogP contribution in [0.15, 0.2) is 18.3 Å². The highest BCUT2D eigenvalue weighted by molar-refractivity contribution is 5.99. The maximum atomic E-state index is 12.4. The number of pyridine rings is 1. The van der Waals surface area contributed by atoms with Gasteiger partial charge in [-0.1, -0.05) is 12.8 Å². The number of amides is 1. The standard InChI is InChI=1S/C16H25N3O/c1-16(2,3)18-15(20)13-9-8-10-17-14(13)19-11-6-4-5-7-12-19/h8-10H,4-7,11-12H2,1-3H3,(H,18,20). The normalized spacial score (nSPS) is 16.6. The van der Waals surface area contributed by atoms with Gasteiger partial charge in [0, 0.05) is 24.8 Å². The van der Waals surface area contributed by atoms with E-state index in [4.69, 9.17) is 0 Å². The summed E-state index contributed by atoms with van der Waals surface area (Å²) in [6.07, 6.45) is 6.67. The van der Waals surface area contributed by atoms with Gasteiger partial charge < -0.3 is 10.2 Å². The summed E-state index contributed by atoms with van der Waals surface area (Å²) in [5, 5.41) is 3.02. The van der Waals surface area contributed by atoms with E-state index in [1.807, 2.05) is 32.9 Å². The fourth-order valence-electron chi connectivity index (χ4n) is 2.52. The van der Waals surface area contributed by atoms with Gasteiger partial charge in [0.15, 0.2) is 0 Å². The first-order valence-corrected chi connectivity index (χ1v) is 7.50. The second kappa shape index (κ2) is 6.25. The molecule has 0 saturated carbocycles. The molecule has 0 spiro atoms. The third-order valence-corrected chi connectivity index (χ3v) is 3.43. The predicted molar refractivity (Wildman–Crippen MR) is 82.1 cm³/mol. The average Bonchev–Trinajstić information content (AvgIpc) is 2.65. The number of rotatable bonds is 2. The highest BCUT2D eigenvalue weighted by Gasteiger charge is 2.21. The second-order valence-corrected chi connectivity index (χ2v) is 6.48. The average molecular weight is 275 g/mol. The largest absolute Gasteiger partial charge is 0.356 e. The molecule has 1 N–H and O–H groups in total. The SMILES string of the molecule is CC(C)(C)NC(=O)c1cccnc1N1CCCCCC1. The zero-order valence-corrected chi connectivity index (χ0v) is 12.8. The number of nitrogens with one attached hydrogen (secondary N) is 1. The van der Waals surface area contributed by atoms with Crippen LogP contribution in [0.1, 0.15) is 56.8 Å². The Labute approximate surface area is 121 Å². The third-order valence-electron chi connectivity index (χ3n) is 3.43. The van der Waals surface area contributed by atoms with Crippen molar-refractivity contribution in [1.29, 1.82) is 0 Å². The van der Waals surface area contributed by atoms with E-state index >= 15 is 0 Å². The first-order chi connectivity index (χ1) is 9.47. The summed E-state index contributed by atoms with van der Waals surface area (Å²) < 4.78 is 0. The minimum atomic E-state index is -0.233. The van der Waals surface area contributed by atoms with Crippen LogP contribution in [0.4, 0.5) is 5.82 Å². The van der Waals surface area contributed by atoms with Crippen molar-refractivity contribution in [1.82, 2.24) is 10.3 Å². The summed E-state index contributed by atoms with van der Waals surface area (Å²) in [4.78, 5) is 19.1. The van der Waals surface area contributed by atoms with E-state index in [1.54, 1.807) is 6.20 Å². The third kappa shape index (κ3) is 3.95. The highest BCUT2D eigenvalue weighted by Crippen LogP contribution is 2.21. The van der Waals surface area contributed by atoms with Crippen LogP contribution in [-0.4, -0.2) is 29.5 Å². The van der Waals surface area contributed by atoms with Gasteiger partial charge in [-0.25, -0.2) is 4.98 Å². The summed E-state index contributed by atoms with van der Waals surface area (Å²) in [6.45, 7) is 7.96. The molecule has 4 nitrogen and oxygen atoms in total. The van der Waals surface area contributed by atoms with Crippen LogP contribution in [0.5, 0.6) is 0 Å². The van der Waals surface area contributed by atoms with Gasteiger partial charge in [0.2, 0.25) is 0 Å². The van der Waals surface area contributed by atoms with Crippen molar-refractivity contribution < 1.29 is 4.79 Å². The van der Waals surface area contributed by atoms with E-state index in [9.17, 15) is 4.79 Å². The molecular weight excluding hydrogens is 250 g/mol. The highest BCUT2D eigenvalue weighted by atomic mass is 16.1. The first kappa shape index (κ1) is 14.8. The van der Waals surface area contributed by atoms with Gasteiger partial charge in [-0.3, -0.25) is 4.79 Å². The Morgan fingerprint density at radius 3 is 2.45 bits per heavy atom. The predicted octanol–water partition coefficient (Wildman–Crippen LogP) is 2.99. The van der Waals surface area contributed by atoms with Crippen LogP contribution < -0.4 is 10.2 Å². The fraction of sp³-hybridized carbons (Fsp3) is 0.625. The van der Waals surface area contributed by atoms with Crippen molar-refractivity contribution >= 4 is 11.7 Å². The van der Waals surface area contributed by atoms with Gasteiger partial charge in [0.25, 0.3) is 5.91 Å². The Bertz CT molecular complexity index is 457. The smallest absolute Gasteiger partial charge is 0.255 e. The van der Waals surface area contributed by atoms with Crippen molar-refractivity contribution in [2.75, 3.05) is 18.0 Å². The van der Waals surface area contributed by atoms with Crippen molar-refractivity contribution in [2.45, 2.75) is 52.0 Å². The van der Waals surface area contributed by atoms with Crippen LogP contribution in [0.2, 0.25) is 0 Å². The van der Waals surface area contributed by atoms with E-state index in [2.05, 4.69) is 15.2 Å². The van der Waals surface area contributed by atoms with E-state index in [0.29, 0.717) is 5.56 Å². The molecular formula is C16H25N3O. The van der Waals surface area contributed by atoms with Gasteiger partial charge >= 0.3 is 0 Å². The number of hydrogen-bond acceptors (Lipinski definition) is 3. The fourth-order valence-corrected chi connectivity index (χ4v) is 2.52. The van der Waals surface area contributed by atoms with Crippen molar-refractivity contribution in [3.8, 4) is 0 Å². The lowest BCUT2D eigenvalue weighted by Gasteiger charge is -2.26. The molecule has 2 heterocycles. The van der Waals surface area contributed by atoms with Crippen molar-refractivity contribution in [3.63, 3.8) is 0 Å².